The average molecular weight is 434 g/mol. The summed E-state index contributed by atoms with van der Waals surface area (Å²) >= 11 is 0. The molecule has 2 aliphatic heterocycles. The maximum absolute atomic E-state index is 10.8. The van der Waals surface area contributed by atoms with Crippen LogP contribution in [0.1, 0.15) is 41.7 Å². The minimum atomic E-state index is -1.53. The first kappa shape index (κ1) is 22.3. The van der Waals surface area contributed by atoms with Gasteiger partial charge in [0.25, 0.3) is 0 Å². The van der Waals surface area contributed by atoms with Gasteiger partial charge in [-0.2, -0.15) is 0 Å². The number of aromatic nitrogens is 3. The first-order chi connectivity index (χ1) is 14.9. The number of ether oxygens (including phenoxy) is 1. The van der Waals surface area contributed by atoms with Gasteiger partial charge in [0, 0.05) is 12.5 Å². The number of aliphatic hydroxyl groups excluding tert-OH is 5. The number of aliphatic hydroxyl groups is 5. The standard InChI is InChI=1S/C21H30N4O6/c1-11-7-13(25-9-15(23-24-25)12-3-2-6-22-8-12)4-5-14(11)17(27)21-20(30)19(29)18(28)16(10-26)31-21/h4-5,7,9,12,16-22,26-30H,2-3,6,8,10H2,1H3/t12?,16?,17-,18-,19+,20?,21-/m1/s1. The number of nitrogens with zero attached hydrogens (tertiary/aromatic N) is 3. The van der Waals surface area contributed by atoms with Gasteiger partial charge in [-0.05, 0) is 49.6 Å². The lowest BCUT2D eigenvalue weighted by Crippen LogP contribution is -2.59. The van der Waals surface area contributed by atoms with Crippen LogP contribution < -0.4 is 5.32 Å². The van der Waals surface area contributed by atoms with E-state index < -0.39 is 43.2 Å². The van der Waals surface area contributed by atoms with Crippen LogP contribution in [-0.4, -0.2) is 90.7 Å². The van der Waals surface area contributed by atoms with E-state index >= 15 is 0 Å². The molecule has 2 fully saturated rings. The second-order valence-corrected chi connectivity index (χ2v) is 8.41. The van der Waals surface area contributed by atoms with Crippen LogP contribution >= 0.6 is 0 Å². The molecule has 7 atom stereocenters. The Hall–Kier alpha value is -1.92. The predicted molar refractivity (Wildman–Crippen MR) is 110 cm³/mol. The lowest BCUT2D eigenvalue weighted by molar-refractivity contribution is -0.250. The quantitative estimate of drug-likeness (QED) is 0.345. The Morgan fingerprint density at radius 3 is 2.71 bits per heavy atom. The molecular formula is C21H30N4O6. The molecule has 0 radical (unpaired) electrons. The molecule has 0 amide bonds. The zero-order valence-electron chi connectivity index (χ0n) is 17.4. The van der Waals surface area contributed by atoms with E-state index in [2.05, 4.69) is 15.6 Å². The lowest BCUT2D eigenvalue weighted by Gasteiger charge is -2.42. The maximum atomic E-state index is 10.8. The summed E-state index contributed by atoms with van der Waals surface area (Å²) in [5, 5.41) is 62.4. The van der Waals surface area contributed by atoms with Crippen molar-refractivity contribution in [3.63, 3.8) is 0 Å². The fraction of sp³-hybridized carbons (Fsp3) is 0.619. The van der Waals surface area contributed by atoms with Crippen LogP contribution in [0, 0.1) is 6.92 Å². The molecule has 6 N–H and O–H groups in total. The summed E-state index contributed by atoms with van der Waals surface area (Å²) in [5.41, 5.74) is 2.96. The molecule has 10 nitrogen and oxygen atoms in total. The Bertz CT molecular complexity index is 885. The molecule has 0 spiro atoms. The molecule has 1 aromatic carbocycles. The minimum absolute atomic E-state index is 0.343. The summed E-state index contributed by atoms with van der Waals surface area (Å²) < 4.78 is 7.19. The SMILES string of the molecule is Cc1cc(-n2cc(C3CCCNC3)nn2)ccc1[C@@H](O)[C@H]1OC(CO)[C@@H](O)[C@H](O)C1O. The van der Waals surface area contributed by atoms with Crippen LogP contribution in [-0.2, 0) is 4.74 Å². The summed E-state index contributed by atoms with van der Waals surface area (Å²) in [7, 11) is 0. The van der Waals surface area contributed by atoms with Gasteiger partial charge in [-0.25, -0.2) is 4.68 Å². The largest absolute Gasteiger partial charge is 0.394 e. The first-order valence-corrected chi connectivity index (χ1v) is 10.6. The molecule has 10 heteroatoms. The molecule has 4 rings (SSSR count). The van der Waals surface area contributed by atoms with Gasteiger partial charge in [0.15, 0.2) is 0 Å². The van der Waals surface area contributed by atoms with Crippen LogP contribution in [0.3, 0.4) is 0 Å². The van der Waals surface area contributed by atoms with Gasteiger partial charge in [-0.3, -0.25) is 0 Å². The van der Waals surface area contributed by atoms with Crippen molar-refractivity contribution in [3.8, 4) is 5.69 Å². The van der Waals surface area contributed by atoms with Gasteiger partial charge in [-0.15, -0.1) is 5.10 Å². The van der Waals surface area contributed by atoms with Crippen molar-refractivity contribution in [3.05, 3.63) is 41.2 Å². The Morgan fingerprint density at radius 2 is 2.03 bits per heavy atom. The van der Waals surface area contributed by atoms with Crippen LogP contribution in [0.15, 0.2) is 24.4 Å². The average Bonchev–Trinajstić information content (AvgIpc) is 3.28. The molecule has 170 valence electrons. The predicted octanol–water partition coefficient (Wildman–Crippen LogP) is -1.08. The van der Waals surface area contributed by atoms with Gasteiger partial charge in [0.05, 0.1) is 24.2 Å². The molecule has 31 heavy (non-hydrogen) atoms. The van der Waals surface area contributed by atoms with Crippen molar-refractivity contribution in [1.82, 2.24) is 20.3 Å². The summed E-state index contributed by atoms with van der Waals surface area (Å²) in [6.45, 7) is 3.19. The Balaban J connectivity index is 1.53. The van der Waals surface area contributed by atoms with Crippen molar-refractivity contribution in [1.29, 1.82) is 0 Å². The monoisotopic (exact) mass is 434 g/mol. The van der Waals surface area contributed by atoms with E-state index in [1.165, 1.54) is 0 Å². The molecule has 0 aliphatic carbocycles. The number of rotatable bonds is 5. The van der Waals surface area contributed by atoms with E-state index in [9.17, 15) is 25.5 Å². The number of piperidine rings is 1. The molecule has 2 aliphatic rings. The van der Waals surface area contributed by atoms with E-state index in [0.29, 0.717) is 11.5 Å². The van der Waals surface area contributed by atoms with Crippen molar-refractivity contribution < 1.29 is 30.3 Å². The first-order valence-electron chi connectivity index (χ1n) is 10.6. The fourth-order valence-corrected chi connectivity index (χ4v) is 4.40. The zero-order valence-corrected chi connectivity index (χ0v) is 17.4. The van der Waals surface area contributed by atoms with E-state index in [4.69, 9.17) is 4.74 Å². The molecule has 2 saturated heterocycles. The third kappa shape index (κ3) is 4.37. The highest BCUT2D eigenvalue weighted by Crippen LogP contribution is 2.32. The molecule has 0 saturated carbocycles. The van der Waals surface area contributed by atoms with E-state index in [1.807, 2.05) is 19.2 Å². The number of hydrogen-bond acceptors (Lipinski definition) is 9. The van der Waals surface area contributed by atoms with Gasteiger partial charge in [0.1, 0.15) is 36.6 Å². The Morgan fingerprint density at radius 1 is 1.23 bits per heavy atom. The van der Waals surface area contributed by atoms with E-state index in [0.717, 1.165) is 42.9 Å². The van der Waals surface area contributed by atoms with Crippen LogP contribution in [0.25, 0.3) is 5.69 Å². The highest BCUT2D eigenvalue weighted by molar-refractivity contribution is 5.41. The number of hydrogen-bond donors (Lipinski definition) is 6. The topological polar surface area (TPSA) is 153 Å². The lowest BCUT2D eigenvalue weighted by atomic mass is 9.88. The summed E-state index contributed by atoms with van der Waals surface area (Å²) in [5.74, 6) is 0.343. The smallest absolute Gasteiger partial charge is 0.117 e. The Kier molecular flexibility index (Phi) is 6.68. The van der Waals surface area contributed by atoms with Gasteiger partial charge >= 0.3 is 0 Å². The molecule has 3 unspecified atom stereocenters. The normalized spacial score (nSPS) is 32.7. The number of nitrogens with one attached hydrogen (secondary N) is 1. The number of aryl methyl sites for hydroxylation is 1. The molecular weight excluding hydrogens is 404 g/mol. The molecule has 0 bridgehead atoms. The second-order valence-electron chi connectivity index (χ2n) is 8.41. The summed E-state index contributed by atoms with van der Waals surface area (Å²) in [4.78, 5) is 0. The Labute approximate surface area is 180 Å². The van der Waals surface area contributed by atoms with Crippen molar-refractivity contribution in [2.75, 3.05) is 19.7 Å². The van der Waals surface area contributed by atoms with Crippen LogP contribution in [0.5, 0.6) is 0 Å². The molecule has 1 aromatic heterocycles. The van der Waals surface area contributed by atoms with Gasteiger partial charge in [0.2, 0.25) is 0 Å². The molecule has 2 aromatic rings. The van der Waals surface area contributed by atoms with Crippen molar-refractivity contribution in [2.45, 2.75) is 62.3 Å². The van der Waals surface area contributed by atoms with Crippen molar-refractivity contribution in [2.24, 2.45) is 0 Å². The minimum Gasteiger partial charge on any atom is -0.394 e. The fourth-order valence-electron chi connectivity index (χ4n) is 4.40. The highest BCUT2D eigenvalue weighted by Gasteiger charge is 2.46. The number of benzene rings is 1. The third-order valence-corrected chi connectivity index (χ3v) is 6.30. The third-order valence-electron chi connectivity index (χ3n) is 6.30. The van der Waals surface area contributed by atoms with Gasteiger partial charge < -0.3 is 35.6 Å². The zero-order chi connectivity index (χ0) is 22.1. The van der Waals surface area contributed by atoms with Crippen LogP contribution in [0.2, 0.25) is 0 Å². The van der Waals surface area contributed by atoms with Gasteiger partial charge in [-0.1, -0.05) is 11.3 Å². The maximum Gasteiger partial charge on any atom is 0.117 e. The van der Waals surface area contributed by atoms with Crippen molar-refractivity contribution >= 4 is 0 Å². The summed E-state index contributed by atoms with van der Waals surface area (Å²) in [6.07, 6.45) is -3.93. The second kappa shape index (κ2) is 9.29. The van der Waals surface area contributed by atoms with E-state index in [1.54, 1.807) is 16.8 Å². The molecule has 3 heterocycles. The highest BCUT2D eigenvalue weighted by atomic mass is 16.6. The van der Waals surface area contributed by atoms with Crippen LogP contribution in [0.4, 0.5) is 0 Å². The summed E-state index contributed by atoms with van der Waals surface area (Å²) in [6, 6.07) is 5.34. The van der Waals surface area contributed by atoms with E-state index in [-0.39, 0.29) is 0 Å².